The van der Waals surface area contributed by atoms with Crippen LogP contribution >= 0.6 is 0 Å². The third-order valence-electron chi connectivity index (χ3n) is 5.54. The van der Waals surface area contributed by atoms with Crippen molar-refractivity contribution in [2.24, 2.45) is 0 Å². The van der Waals surface area contributed by atoms with Crippen LogP contribution in [0.4, 0.5) is 0 Å². The number of carbonyl (C=O) groups excluding carboxylic acids is 1. The number of hydrogen-bond donors (Lipinski definition) is 1. The molecule has 1 aromatic carbocycles. The van der Waals surface area contributed by atoms with Gasteiger partial charge in [-0.05, 0) is 38.7 Å². The van der Waals surface area contributed by atoms with E-state index < -0.39 is 5.41 Å². The molecule has 1 saturated heterocycles. The number of rotatable bonds is 3. The SMILES string of the molecule is CC(C)(C(=O)N1CCN(C2CCCC2O)CC1)c1ccccc1. The second kappa shape index (κ2) is 6.62. The van der Waals surface area contributed by atoms with E-state index in [1.54, 1.807) is 0 Å². The van der Waals surface area contributed by atoms with Crippen LogP contribution in [-0.4, -0.2) is 59.1 Å². The number of benzene rings is 1. The maximum Gasteiger partial charge on any atom is 0.232 e. The van der Waals surface area contributed by atoms with Crippen LogP contribution in [0.25, 0.3) is 0 Å². The number of hydrogen-bond acceptors (Lipinski definition) is 3. The Morgan fingerprint density at radius 2 is 1.74 bits per heavy atom. The zero-order chi connectivity index (χ0) is 16.4. The van der Waals surface area contributed by atoms with Gasteiger partial charge in [0, 0.05) is 32.2 Å². The molecule has 2 unspecified atom stereocenters. The Hall–Kier alpha value is -1.39. The molecular weight excluding hydrogens is 288 g/mol. The third kappa shape index (κ3) is 3.29. The van der Waals surface area contributed by atoms with Crippen LogP contribution in [0.2, 0.25) is 0 Å². The molecule has 1 aliphatic carbocycles. The molecule has 0 radical (unpaired) electrons. The maximum atomic E-state index is 13.0. The molecule has 23 heavy (non-hydrogen) atoms. The van der Waals surface area contributed by atoms with Crippen molar-refractivity contribution in [3.8, 4) is 0 Å². The van der Waals surface area contributed by atoms with Gasteiger partial charge in [-0.15, -0.1) is 0 Å². The van der Waals surface area contributed by atoms with Crippen molar-refractivity contribution in [2.45, 2.75) is 50.7 Å². The lowest BCUT2D eigenvalue weighted by atomic mass is 9.83. The number of aliphatic hydroxyl groups excluding tert-OH is 1. The molecule has 1 N–H and O–H groups in total. The van der Waals surface area contributed by atoms with Crippen LogP contribution in [0.5, 0.6) is 0 Å². The molecule has 0 aromatic heterocycles. The van der Waals surface area contributed by atoms with Gasteiger partial charge in [-0.3, -0.25) is 9.69 Å². The van der Waals surface area contributed by atoms with E-state index in [9.17, 15) is 9.90 Å². The molecule has 0 bridgehead atoms. The molecule has 0 spiro atoms. The first-order valence-electron chi connectivity index (χ1n) is 8.77. The van der Waals surface area contributed by atoms with Gasteiger partial charge in [0.25, 0.3) is 0 Å². The third-order valence-corrected chi connectivity index (χ3v) is 5.54. The first kappa shape index (κ1) is 16.5. The van der Waals surface area contributed by atoms with Crippen LogP contribution in [0.3, 0.4) is 0 Å². The summed E-state index contributed by atoms with van der Waals surface area (Å²) >= 11 is 0. The maximum absolute atomic E-state index is 13.0. The molecule has 1 amide bonds. The van der Waals surface area contributed by atoms with Gasteiger partial charge in [-0.2, -0.15) is 0 Å². The van der Waals surface area contributed by atoms with Crippen LogP contribution in [0, 0.1) is 0 Å². The van der Waals surface area contributed by atoms with Gasteiger partial charge in [-0.1, -0.05) is 30.3 Å². The molecular formula is C19H28N2O2. The summed E-state index contributed by atoms with van der Waals surface area (Å²) < 4.78 is 0. The Balaban J connectivity index is 1.62. The first-order valence-corrected chi connectivity index (χ1v) is 8.77. The number of nitrogens with zero attached hydrogens (tertiary/aromatic N) is 2. The predicted molar refractivity (Wildman–Crippen MR) is 91.3 cm³/mol. The predicted octanol–water partition coefficient (Wildman–Crippen LogP) is 2.02. The molecule has 1 aromatic rings. The fourth-order valence-electron chi connectivity index (χ4n) is 3.98. The summed E-state index contributed by atoms with van der Waals surface area (Å²) in [6, 6.07) is 10.3. The van der Waals surface area contributed by atoms with E-state index in [2.05, 4.69) is 4.90 Å². The van der Waals surface area contributed by atoms with Crippen molar-refractivity contribution in [1.82, 2.24) is 9.80 Å². The Bertz CT molecular complexity index is 536. The molecule has 2 fully saturated rings. The van der Waals surface area contributed by atoms with Crippen molar-refractivity contribution in [2.75, 3.05) is 26.2 Å². The topological polar surface area (TPSA) is 43.8 Å². The van der Waals surface area contributed by atoms with Gasteiger partial charge < -0.3 is 10.0 Å². The highest BCUT2D eigenvalue weighted by Gasteiger charge is 2.37. The minimum absolute atomic E-state index is 0.182. The molecule has 2 aliphatic rings. The van der Waals surface area contributed by atoms with Gasteiger partial charge in [0.1, 0.15) is 0 Å². The molecule has 3 rings (SSSR count). The van der Waals surface area contributed by atoms with Gasteiger partial charge >= 0.3 is 0 Å². The highest BCUT2D eigenvalue weighted by molar-refractivity contribution is 5.87. The normalized spacial score (nSPS) is 26.5. The first-order chi connectivity index (χ1) is 11.0. The van der Waals surface area contributed by atoms with E-state index in [-0.39, 0.29) is 12.0 Å². The molecule has 4 heteroatoms. The molecule has 4 nitrogen and oxygen atoms in total. The Kier molecular flexibility index (Phi) is 4.74. The fraction of sp³-hybridized carbons (Fsp3) is 0.632. The largest absolute Gasteiger partial charge is 0.391 e. The summed E-state index contributed by atoms with van der Waals surface area (Å²) in [4.78, 5) is 17.3. The zero-order valence-electron chi connectivity index (χ0n) is 14.2. The van der Waals surface area contributed by atoms with E-state index >= 15 is 0 Å². The second-order valence-electron chi connectivity index (χ2n) is 7.38. The molecule has 1 saturated carbocycles. The van der Waals surface area contributed by atoms with Crippen molar-refractivity contribution in [3.63, 3.8) is 0 Å². The molecule has 1 heterocycles. The average Bonchev–Trinajstić information content (AvgIpc) is 3.01. The van der Waals surface area contributed by atoms with Gasteiger partial charge in [0.05, 0.1) is 11.5 Å². The number of aliphatic hydroxyl groups is 1. The summed E-state index contributed by atoms with van der Waals surface area (Å²) in [5.74, 6) is 0.204. The summed E-state index contributed by atoms with van der Waals surface area (Å²) in [5, 5.41) is 10.1. The highest BCUT2D eigenvalue weighted by atomic mass is 16.3. The summed E-state index contributed by atoms with van der Waals surface area (Å²) in [6.07, 6.45) is 2.94. The van der Waals surface area contributed by atoms with Crippen LogP contribution < -0.4 is 0 Å². The lowest BCUT2D eigenvalue weighted by Gasteiger charge is -2.41. The monoisotopic (exact) mass is 316 g/mol. The second-order valence-corrected chi connectivity index (χ2v) is 7.38. The zero-order valence-corrected chi connectivity index (χ0v) is 14.2. The molecule has 126 valence electrons. The summed E-state index contributed by atoms with van der Waals surface area (Å²) in [7, 11) is 0. The van der Waals surface area contributed by atoms with Crippen molar-refractivity contribution in [3.05, 3.63) is 35.9 Å². The van der Waals surface area contributed by atoms with E-state index in [1.165, 1.54) is 0 Å². The Morgan fingerprint density at radius 1 is 1.09 bits per heavy atom. The smallest absolute Gasteiger partial charge is 0.232 e. The van der Waals surface area contributed by atoms with Gasteiger partial charge in [-0.25, -0.2) is 0 Å². The lowest BCUT2D eigenvalue weighted by molar-refractivity contribution is -0.138. The summed E-state index contributed by atoms with van der Waals surface area (Å²) in [6.45, 7) is 7.29. The molecule has 2 atom stereocenters. The van der Waals surface area contributed by atoms with E-state index in [0.29, 0.717) is 6.04 Å². The minimum atomic E-state index is -0.490. The number of piperazine rings is 1. The van der Waals surface area contributed by atoms with Gasteiger partial charge in [0.15, 0.2) is 0 Å². The average molecular weight is 316 g/mol. The van der Waals surface area contributed by atoms with Crippen LogP contribution in [0.15, 0.2) is 30.3 Å². The highest BCUT2D eigenvalue weighted by Crippen LogP contribution is 2.28. The minimum Gasteiger partial charge on any atom is -0.391 e. The lowest BCUT2D eigenvalue weighted by Crippen LogP contribution is -2.56. The number of amides is 1. The van der Waals surface area contributed by atoms with Crippen molar-refractivity contribution in [1.29, 1.82) is 0 Å². The van der Waals surface area contributed by atoms with Crippen LogP contribution in [-0.2, 0) is 10.2 Å². The standard InChI is InChI=1S/C19H28N2O2/c1-19(2,15-7-4-3-5-8-15)18(23)21-13-11-20(12-14-21)16-9-6-10-17(16)22/h3-5,7-8,16-17,22H,6,9-14H2,1-2H3. The van der Waals surface area contributed by atoms with Crippen molar-refractivity contribution < 1.29 is 9.90 Å². The fourth-order valence-corrected chi connectivity index (χ4v) is 3.98. The number of carbonyl (C=O) groups is 1. The Labute approximate surface area is 139 Å². The van der Waals surface area contributed by atoms with Crippen molar-refractivity contribution >= 4 is 5.91 Å². The quantitative estimate of drug-likeness (QED) is 0.928. The van der Waals surface area contributed by atoms with E-state index in [4.69, 9.17) is 0 Å². The Morgan fingerprint density at radius 3 is 2.30 bits per heavy atom. The van der Waals surface area contributed by atoms with Gasteiger partial charge in [0.2, 0.25) is 5.91 Å². The van der Waals surface area contributed by atoms with E-state index in [1.807, 2.05) is 49.1 Å². The van der Waals surface area contributed by atoms with Crippen LogP contribution in [0.1, 0.15) is 38.7 Å². The molecule has 1 aliphatic heterocycles. The summed E-state index contributed by atoms with van der Waals surface area (Å²) in [5.41, 5.74) is 0.578. The van der Waals surface area contributed by atoms with E-state index in [0.717, 1.165) is 51.0 Å².